The summed E-state index contributed by atoms with van der Waals surface area (Å²) in [4.78, 5) is 13.8. The Morgan fingerprint density at radius 2 is 2.05 bits per heavy atom. The van der Waals surface area contributed by atoms with Crippen LogP contribution in [0.15, 0.2) is 24.3 Å². The molecule has 2 rings (SSSR count). The van der Waals surface area contributed by atoms with E-state index in [2.05, 4.69) is 30.4 Å². The van der Waals surface area contributed by atoms with E-state index in [4.69, 9.17) is 5.84 Å². The maximum Gasteiger partial charge on any atom is 0.238 e. The van der Waals surface area contributed by atoms with Crippen molar-refractivity contribution in [3.05, 3.63) is 35.4 Å². The molecule has 0 saturated heterocycles. The second kappa shape index (κ2) is 6.17. The van der Waals surface area contributed by atoms with Gasteiger partial charge in [0.1, 0.15) is 0 Å². The maximum atomic E-state index is 11.4. The molecule has 1 unspecified atom stereocenters. The van der Waals surface area contributed by atoms with Gasteiger partial charge in [0.05, 0.1) is 6.42 Å². The fraction of sp³-hybridized carbons (Fsp3) is 0.533. The second-order valence-corrected chi connectivity index (χ2v) is 5.51. The Morgan fingerprint density at radius 1 is 1.42 bits per heavy atom. The standard InChI is InChI=1S/C15H23N3O/c1-11(12-7-8-12)18(2)10-14-6-4-3-5-13(14)9-15(19)17-16/h3-6,11-12H,7-10,16H2,1-2H3,(H,17,19). The highest BCUT2D eigenvalue weighted by molar-refractivity contribution is 5.78. The molecule has 3 N–H and O–H groups in total. The lowest BCUT2D eigenvalue weighted by Gasteiger charge is -2.25. The maximum absolute atomic E-state index is 11.4. The lowest BCUT2D eigenvalue weighted by molar-refractivity contribution is -0.120. The predicted molar refractivity (Wildman–Crippen MR) is 76.1 cm³/mol. The number of hydrogen-bond acceptors (Lipinski definition) is 3. The van der Waals surface area contributed by atoms with Gasteiger partial charge in [0.25, 0.3) is 0 Å². The minimum Gasteiger partial charge on any atom is -0.299 e. The van der Waals surface area contributed by atoms with E-state index in [9.17, 15) is 4.79 Å². The molecular weight excluding hydrogens is 238 g/mol. The van der Waals surface area contributed by atoms with E-state index < -0.39 is 0 Å². The fourth-order valence-electron chi connectivity index (χ4n) is 2.46. The number of rotatable bonds is 6. The summed E-state index contributed by atoms with van der Waals surface area (Å²) in [5, 5.41) is 0. The van der Waals surface area contributed by atoms with Crippen molar-refractivity contribution in [2.45, 2.75) is 38.8 Å². The molecule has 1 aliphatic carbocycles. The molecule has 1 atom stereocenters. The van der Waals surface area contributed by atoms with Crippen LogP contribution in [0.2, 0.25) is 0 Å². The number of nitrogens with two attached hydrogens (primary N) is 1. The number of amides is 1. The first-order valence-electron chi connectivity index (χ1n) is 6.88. The summed E-state index contributed by atoms with van der Waals surface area (Å²) in [5.74, 6) is 5.86. The molecule has 1 amide bonds. The van der Waals surface area contributed by atoms with E-state index >= 15 is 0 Å². The lowest BCUT2D eigenvalue weighted by atomic mass is 10.0. The number of nitrogens with zero attached hydrogens (tertiary/aromatic N) is 1. The van der Waals surface area contributed by atoms with Crippen molar-refractivity contribution in [3.8, 4) is 0 Å². The van der Waals surface area contributed by atoms with Crippen LogP contribution < -0.4 is 11.3 Å². The van der Waals surface area contributed by atoms with Crippen LogP contribution in [0.4, 0.5) is 0 Å². The van der Waals surface area contributed by atoms with Crippen molar-refractivity contribution in [3.63, 3.8) is 0 Å². The van der Waals surface area contributed by atoms with Crippen LogP contribution in [-0.4, -0.2) is 23.9 Å². The van der Waals surface area contributed by atoms with Crippen molar-refractivity contribution in [2.75, 3.05) is 7.05 Å². The summed E-state index contributed by atoms with van der Waals surface area (Å²) in [6.45, 7) is 3.17. The largest absolute Gasteiger partial charge is 0.299 e. The number of carbonyl (C=O) groups excluding carboxylic acids is 1. The van der Waals surface area contributed by atoms with Crippen LogP contribution in [0, 0.1) is 5.92 Å². The lowest BCUT2D eigenvalue weighted by Crippen LogP contribution is -2.33. The molecular formula is C15H23N3O. The Morgan fingerprint density at radius 3 is 2.63 bits per heavy atom. The van der Waals surface area contributed by atoms with Crippen molar-refractivity contribution in [1.82, 2.24) is 10.3 Å². The van der Waals surface area contributed by atoms with E-state index in [1.807, 2.05) is 18.2 Å². The predicted octanol–water partition coefficient (Wildman–Crippen LogP) is 1.45. The smallest absolute Gasteiger partial charge is 0.238 e. The SMILES string of the molecule is CC(C1CC1)N(C)Cc1ccccc1CC(=O)NN. The molecule has 1 aromatic rings. The third-order valence-electron chi connectivity index (χ3n) is 4.05. The molecule has 1 aliphatic rings. The second-order valence-electron chi connectivity index (χ2n) is 5.51. The van der Waals surface area contributed by atoms with Crippen LogP contribution >= 0.6 is 0 Å². The number of carbonyl (C=O) groups is 1. The Balaban J connectivity index is 2.04. The van der Waals surface area contributed by atoms with Crippen LogP contribution in [0.5, 0.6) is 0 Å². The van der Waals surface area contributed by atoms with Crippen molar-refractivity contribution < 1.29 is 4.79 Å². The molecule has 19 heavy (non-hydrogen) atoms. The summed E-state index contributed by atoms with van der Waals surface area (Å²) >= 11 is 0. The van der Waals surface area contributed by atoms with E-state index in [0.717, 1.165) is 18.0 Å². The van der Waals surface area contributed by atoms with Gasteiger partial charge in [-0.25, -0.2) is 5.84 Å². The topological polar surface area (TPSA) is 58.4 Å². The summed E-state index contributed by atoms with van der Waals surface area (Å²) in [5.41, 5.74) is 4.46. The quantitative estimate of drug-likeness (QED) is 0.463. The van der Waals surface area contributed by atoms with Gasteiger partial charge in [-0.1, -0.05) is 24.3 Å². The number of nitrogens with one attached hydrogen (secondary N) is 1. The van der Waals surface area contributed by atoms with Gasteiger partial charge in [-0.15, -0.1) is 0 Å². The molecule has 0 spiro atoms. The highest BCUT2D eigenvalue weighted by atomic mass is 16.2. The first kappa shape index (κ1) is 14.0. The summed E-state index contributed by atoms with van der Waals surface area (Å²) in [6.07, 6.45) is 3.05. The number of benzene rings is 1. The zero-order valence-corrected chi connectivity index (χ0v) is 11.7. The molecule has 104 valence electrons. The van der Waals surface area contributed by atoms with Gasteiger partial charge < -0.3 is 0 Å². The van der Waals surface area contributed by atoms with Gasteiger partial charge in [-0.3, -0.25) is 15.1 Å². The molecule has 4 heteroatoms. The molecule has 4 nitrogen and oxygen atoms in total. The molecule has 1 fully saturated rings. The van der Waals surface area contributed by atoms with Crippen LogP contribution in [-0.2, 0) is 17.8 Å². The van der Waals surface area contributed by atoms with Crippen LogP contribution in [0.25, 0.3) is 0 Å². The Bertz CT molecular complexity index is 443. The molecule has 0 bridgehead atoms. The number of hydrogen-bond donors (Lipinski definition) is 2. The molecule has 1 saturated carbocycles. The first-order valence-corrected chi connectivity index (χ1v) is 6.88. The van der Waals surface area contributed by atoms with Gasteiger partial charge in [-0.05, 0) is 43.9 Å². The van der Waals surface area contributed by atoms with Crippen LogP contribution in [0.1, 0.15) is 30.9 Å². The van der Waals surface area contributed by atoms with Gasteiger partial charge in [0.2, 0.25) is 5.91 Å². The average Bonchev–Trinajstić information content (AvgIpc) is 3.24. The first-order chi connectivity index (χ1) is 9.11. The molecule has 1 aromatic carbocycles. The van der Waals surface area contributed by atoms with Crippen molar-refractivity contribution >= 4 is 5.91 Å². The third-order valence-corrected chi connectivity index (χ3v) is 4.05. The monoisotopic (exact) mass is 261 g/mol. The molecule has 0 aromatic heterocycles. The zero-order valence-electron chi connectivity index (χ0n) is 11.7. The highest BCUT2D eigenvalue weighted by Crippen LogP contribution is 2.35. The van der Waals surface area contributed by atoms with Gasteiger partial charge in [0, 0.05) is 12.6 Å². The third kappa shape index (κ3) is 3.78. The molecule has 0 aliphatic heterocycles. The van der Waals surface area contributed by atoms with E-state index in [0.29, 0.717) is 12.5 Å². The Hall–Kier alpha value is -1.39. The minimum atomic E-state index is -0.148. The fourth-order valence-corrected chi connectivity index (χ4v) is 2.46. The average molecular weight is 261 g/mol. The van der Waals surface area contributed by atoms with Gasteiger partial charge in [0.15, 0.2) is 0 Å². The summed E-state index contributed by atoms with van der Waals surface area (Å²) in [7, 11) is 2.16. The van der Waals surface area contributed by atoms with Crippen molar-refractivity contribution in [2.24, 2.45) is 11.8 Å². The zero-order chi connectivity index (χ0) is 13.8. The molecule has 0 radical (unpaired) electrons. The normalized spacial score (nSPS) is 16.4. The van der Waals surface area contributed by atoms with Crippen LogP contribution in [0.3, 0.4) is 0 Å². The van der Waals surface area contributed by atoms with E-state index in [-0.39, 0.29) is 5.91 Å². The van der Waals surface area contributed by atoms with E-state index in [1.165, 1.54) is 18.4 Å². The van der Waals surface area contributed by atoms with Crippen molar-refractivity contribution in [1.29, 1.82) is 0 Å². The molecule has 0 heterocycles. The summed E-state index contributed by atoms with van der Waals surface area (Å²) in [6, 6.07) is 8.69. The Kier molecular flexibility index (Phi) is 4.56. The number of hydrazine groups is 1. The highest BCUT2D eigenvalue weighted by Gasteiger charge is 2.30. The van der Waals surface area contributed by atoms with Gasteiger partial charge in [-0.2, -0.15) is 0 Å². The summed E-state index contributed by atoms with van der Waals surface area (Å²) < 4.78 is 0. The minimum absolute atomic E-state index is 0.148. The Labute approximate surface area is 114 Å². The van der Waals surface area contributed by atoms with Gasteiger partial charge >= 0.3 is 0 Å². The van der Waals surface area contributed by atoms with E-state index in [1.54, 1.807) is 0 Å².